The topological polar surface area (TPSA) is 30.0 Å². The van der Waals surface area contributed by atoms with Crippen LogP contribution in [0.3, 0.4) is 0 Å². The summed E-state index contributed by atoms with van der Waals surface area (Å²) in [4.78, 5) is 15.9. The van der Waals surface area contributed by atoms with E-state index < -0.39 is 0 Å². The number of pyridine rings is 1. The Bertz CT molecular complexity index is 578. The van der Waals surface area contributed by atoms with Crippen LogP contribution in [0, 0.1) is 0 Å². The van der Waals surface area contributed by atoms with Crippen molar-refractivity contribution < 1.29 is 4.79 Å². The smallest absolute Gasteiger partial charge is 0.167 e. The lowest BCUT2D eigenvalue weighted by Crippen LogP contribution is -2.04. The Labute approximate surface area is 120 Å². The van der Waals surface area contributed by atoms with Crippen LogP contribution < -0.4 is 0 Å². The van der Waals surface area contributed by atoms with Crippen molar-refractivity contribution in [2.24, 2.45) is 0 Å². The van der Waals surface area contributed by atoms with E-state index in [-0.39, 0.29) is 12.2 Å². The van der Waals surface area contributed by atoms with Gasteiger partial charge in [0, 0.05) is 34.4 Å². The molecular weight excluding hydrogens is 293 g/mol. The fourth-order valence-corrected chi connectivity index (χ4v) is 2.25. The Morgan fingerprint density at radius 1 is 1.11 bits per heavy atom. The number of ketones is 1. The highest BCUT2D eigenvalue weighted by Gasteiger charge is 2.11. The quantitative estimate of drug-likeness (QED) is 0.783. The molecule has 0 aliphatic carbocycles. The van der Waals surface area contributed by atoms with E-state index in [1.165, 1.54) is 6.20 Å². The van der Waals surface area contributed by atoms with Gasteiger partial charge in [0.25, 0.3) is 0 Å². The average molecular weight is 301 g/mol. The lowest BCUT2D eigenvalue weighted by Gasteiger charge is -2.04. The summed E-state index contributed by atoms with van der Waals surface area (Å²) in [6.45, 7) is 0. The minimum absolute atomic E-state index is 0.0903. The highest BCUT2D eigenvalue weighted by molar-refractivity contribution is 6.35. The molecule has 0 aliphatic heterocycles. The Kier molecular flexibility index (Phi) is 4.23. The third kappa shape index (κ3) is 3.22. The third-order valence-electron chi connectivity index (χ3n) is 2.39. The highest BCUT2D eigenvalue weighted by atomic mass is 35.5. The number of benzene rings is 1. The predicted octanol–water partition coefficient (Wildman–Crippen LogP) is 4.47. The van der Waals surface area contributed by atoms with Crippen LogP contribution in [-0.4, -0.2) is 10.8 Å². The molecule has 0 bridgehead atoms. The Morgan fingerprint density at radius 3 is 2.39 bits per heavy atom. The minimum Gasteiger partial charge on any atom is -0.294 e. The molecule has 2 rings (SSSR count). The van der Waals surface area contributed by atoms with Gasteiger partial charge in [-0.25, -0.2) is 0 Å². The van der Waals surface area contributed by atoms with Gasteiger partial charge in [0.15, 0.2) is 5.78 Å². The van der Waals surface area contributed by atoms with E-state index in [0.29, 0.717) is 20.6 Å². The summed E-state index contributed by atoms with van der Waals surface area (Å²) in [5.41, 5.74) is 1.20. The molecule has 0 radical (unpaired) electrons. The predicted molar refractivity (Wildman–Crippen MR) is 73.7 cm³/mol. The summed E-state index contributed by atoms with van der Waals surface area (Å²) in [7, 11) is 0. The van der Waals surface area contributed by atoms with E-state index >= 15 is 0 Å². The van der Waals surface area contributed by atoms with Gasteiger partial charge in [0.05, 0.1) is 5.02 Å². The number of carbonyl (C=O) groups is 1. The number of hydrogen-bond donors (Lipinski definition) is 0. The first kappa shape index (κ1) is 13.3. The zero-order valence-electron chi connectivity index (χ0n) is 9.16. The Morgan fingerprint density at radius 2 is 1.78 bits per heavy atom. The largest absolute Gasteiger partial charge is 0.294 e. The highest BCUT2D eigenvalue weighted by Crippen LogP contribution is 2.21. The van der Waals surface area contributed by atoms with Gasteiger partial charge >= 0.3 is 0 Å². The van der Waals surface area contributed by atoms with E-state index in [4.69, 9.17) is 34.8 Å². The maximum absolute atomic E-state index is 12.1. The van der Waals surface area contributed by atoms with E-state index in [0.717, 1.165) is 5.56 Å². The molecule has 0 N–H and O–H groups in total. The molecule has 0 saturated heterocycles. The molecule has 18 heavy (non-hydrogen) atoms. The van der Waals surface area contributed by atoms with E-state index in [1.807, 2.05) is 0 Å². The second-order valence-electron chi connectivity index (χ2n) is 3.73. The van der Waals surface area contributed by atoms with Crippen molar-refractivity contribution in [2.45, 2.75) is 6.42 Å². The van der Waals surface area contributed by atoms with Crippen molar-refractivity contribution in [1.29, 1.82) is 0 Å². The molecule has 0 spiro atoms. The van der Waals surface area contributed by atoms with Crippen LogP contribution in [0.15, 0.2) is 36.7 Å². The molecule has 0 atom stereocenters. The lowest BCUT2D eigenvalue weighted by atomic mass is 10.0. The number of aromatic nitrogens is 1. The fraction of sp³-hybridized carbons (Fsp3) is 0.0769. The van der Waals surface area contributed by atoms with Crippen LogP contribution >= 0.6 is 34.8 Å². The average Bonchev–Trinajstić information content (AvgIpc) is 2.31. The maximum atomic E-state index is 12.1. The molecule has 2 aromatic rings. The second kappa shape index (κ2) is 5.70. The molecular formula is C13H8Cl3NO. The van der Waals surface area contributed by atoms with Crippen molar-refractivity contribution in [3.8, 4) is 0 Å². The van der Waals surface area contributed by atoms with Crippen LogP contribution in [0.4, 0.5) is 0 Å². The first-order valence-corrected chi connectivity index (χ1v) is 6.27. The van der Waals surface area contributed by atoms with Crippen LogP contribution in [0.1, 0.15) is 15.9 Å². The molecule has 1 heterocycles. The standard InChI is InChI=1S/C13H8Cl3NO/c14-10-3-9(4-11(15)6-10)13(18)5-8-1-2-17-7-12(8)16/h1-4,6-7H,5H2. The van der Waals surface area contributed by atoms with Crippen LogP contribution in [0.5, 0.6) is 0 Å². The molecule has 0 saturated carbocycles. The monoisotopic (exact) mass is 299 g/mol. The summed E-state index contributed by atoms with van der Waals surface area (Å²) < 4.78 is 0. The normalized spacial score (nSPS) is 10.4. The fourth-order valence-electron chi connectivity index (χ4n) is 1.54. The third-order valence-corrected chi connectivity index (χ3v) is 3.17. The molecule has 1 aromatic heterocycles. The van der Waals surface area contributed by atoms with E-state index in [2.05, 4.69) is 4.98 Å². The van der Waals surface area contributed by atoms with Gasteiger partial charge in [0.2, 0.25) is 0 Å². The summed E-state index contributed by atoms with van der Waals surface area (Å²) in [5, 5.41) is 1.34. The van der Waals surface area contributed by atoms with Crippen LogP contribution in [-0.2, 0) is 6.42 Å². The van der Waals surface area contributed by atoms with Crippen LogP contribution in [0.2, 0.25) is 15.1 Å². The molecule has 5 heteroatoms. The zero-order chi connectivity index (χ0) is 13.1. The number of hydrogen-bond acceptors (Lipinski definition) is 2. The molecule has 0 amide bonds. The van der Waals surface area contributed by atoms with E-state index in [1.54, 1.807) is 30.5 Å². The number of Topliss-reactive ketones (excluding diaryl/α,β-unsaturated/α-hetero) is 1. The van der Waals surface area contributed by atoms with Crippen molar-refractivity contribution in [2.75, 3.05) is 0 Å². The van der Waals surface area contributed by atoms with Gasteiger partial charge in [-0.2, -0.15) is 0 Å². The van der Waals surface area contributed by atoms with E-state index in [9.17, 15) is 4.79 Å². The lowest BCUT2D eigenvalue weighted by molar-refractivity contribution is 0.0993. The van der Waals surface area contributed by atoms with Gasteiger partial charge in [-0.1, -0.05) is 34.8 Å². The summed E-state index contributed by atoms with van der Waals surface area (Å²) in [6, 6.07) is 6.47. The molecule has 1 aromatic carbocycles. The summed E-state index contributed by atoms with van der Waals surface area (Å²) in [5.74, 6) is -0.0903. The second-order valence-corrected chi connectivity index (χ2v) is 5.01. The molecule has 92 valence electrons. The number of halogens is 3. The van der Waals surface area contributed by atoms with Gasteiger partial charge in [-0.05, 0) is 29.8 Å². The minimum atomic E-state index is -0.0903. The Balaban J connectivity index is 2.25. The van der Waals surface area contributed by atoms with Gasteiger partial charge < -0.3 is 0 Å². The van der Waals surface area contributed by atoms with Crippen molar-refractivity contribution >= 4 is 40.6 Å². The molecule has 2 nitrogen and oxygen atoms in total. The van der Waals surface area contributed by atoms with Crippen molar-refractivity contribution in [3.05, 3.63) is 62.9 Å². The van der Waals surface area contributed by atoms with Gasteiger partial charge in [-0.3, -0.25) is 9.78 Å². The number of nitrogens with zero attached hydrogens (tertiary/aromatic N) is 1. The summed E-state index contributed by atoms with van der Waals surface area (Å²) >= 11 is 17.7. The van der Waals surface area contributed by atoms with Crippen molar-refractivity contribution in [1.82, 2.24) is 4.98 Å². The SMILES string of the molecule is O=C(Cc1ccncc1Cl)c1cc(Cl)cc(Cl)c1. The molecule has 0 aliphatic rings. The van der Waals surface area contributed by atoms with Crippen LogP contribution in [0.25, 0.3) is 0 Å². The first-order chi connectivity index (χ1) is 8.56. The zero-order valence-corrected chi connectivity index (χ0v) is 11.4. The molecule has 0 fully saturated rings. The number of rotatable bonds is 3. The maximum Gasteiger partial charge on any atom is 0.167 e. The van der Waals surface area contributed by atoms with Gasteiger partial charge in [-0.15, -0.1) is 0 Å². The number of carbonyl (C=O) groups excluding carboxylic acids is 1. The Hall–Kier alpha value is -1.09. The first-order valence-electron chi connectivity index (χ1n) is 5.14. The summed E-state index contributed by atoms with van der Waals surface area (Å²) in [6.07, 6.45) is 3.30. The van der Waals surface area contributed by atoms with Gasteiger partial charge in [0.1, 0.15) is 0 Å². The molecule has 0 unspecified atom stereocenters. The van der Waals surface area contributed by atoms with Crippen molar-refractivity contribution in [3.63, 3.8) is 0 Å².